The summed E-state index contributed by atoms with van der Waals surface area (Å²) in [6.45, 7) is 4.64. The lowest BCUT2D eigenvalue weighted by Crippen LogP contribution is -2.42. The third-order valence-corrected chi connectivity index (χ3v) is 3.32. The Labute approximate surface area is 77.1 Å². The van der Waals surface area contributed by atoms with Gasteiger partial charge in [0.05, 0.1) is 0 Å². The summed E-state index contributed by atoms with van der Waals surface area (Å²) in [5.41, 5.74) is 0. The van der Waals surface area contributed by atoms with Crippen LogP contribution in [0.15, 0.2) is 0 Å². The lowest BCUT2D eigenvalue weighted by atomic mass is 9.90. The van der Waals surface area contributed by atoms with Crippen LogP contribution in [0.1, 0.15) is 52.4 Å². The van der Waals surface area contributed by atoms with Crippen LogP contribution in [0.25, 0.3) is 0 Å². The van der Waals surface area contributed by atoms with Crippen LogP contribution in [0.2, 0.25) is 0 Å². The highest BCUT2D eigenvalue weighted by Crippen LogP contribution is 2.26. The highest BCUT2D eigenvalue weighted by Gasteiger charge is 2.24. The number of hydrogen-bond donors (Lipinski definition) is 0. The molecule has 1 aliphatic rings. The van der Waals surface area contributed by atoms with Gasteiger partial charge in [-0.25, -0.2) is 0 Å². The molecule has 0 radical (unpaired) electrons. The van der Waals surface area contributed by atoms with Crippen molar-refractivity contribution in [3.63, 3.8) is 0 Å². The van der Waals surface area contributed by atoms with Gasteiger partial charge < -0.3 is 4.90 Å². The van der Waals surface area contributed by atoms with Crippen molar-refractivity contribution in [3.05, 3.63) is 0 Å². The molecule has 0 aromatic heterocycles. The number of unbranched alkanes of at least 4 members (excludes halogenated alkanes) is 1. The Hall–Kier alpha value is -0.0400. The summed E-state index contributed by atoms with van der Waals surface area (Å²) >= 11 is 0. The Morgan fingerprint density at radius 3 is 2.50 bits per heavy atom. The van der Waals surface area contributed by atoms with E-state index in [4.69, 9.17) is 0 Å². The van der Waals surface area contributed by atoms with E-state index in [0.717, 1.165) is 12.1 Å². The van der Waals surface area contributed by atoms with E-state index in [1.807, 2.05) is 0 Å². The molecule has 1 nitrogen and oxygen atoms in total. The standard InChI is InChI=1S/C11H23N/c1-4-5-7-10(2)12(3)11-8-6-9-11/h10-11H,4-9H2,1-3H3. The van der Waals surface area contributed by atoms with Crippen molar-refractivity contribution in [1.82, 2.24) is 4.90 Å². The molecule has 0 saturated heterocycles. The first-order valence-corrected chi connectivity index (χ1v) is 5.47. The quantitative estimate of drug-likeness (QED) is 0.611. The van der Waals surface area contributed by atoms with Crippen molar-refractivity contribution in [2.75, 3.05) is 7.05 Å². The van der Waals surface area contributed by atoms with Crippen LogP contribution in [0, 0.1) is 0 Å². The number of rotatable bonds is 5. The SMILES string of the molecule is CCCCC(C)N(C)C1CCC1. The van der Waals surface area contributed by atoms with Crippen molar-refractivity contribution in [3.8, 4) is 0 Å². The van der Waals surface area contributed by atoms with E-state index in [0.29, 0.717) is 0 Å². The van der Waals surface area contributed by atoms with Crippen LogP contribution in [0.4, 0.5) is 0 Å². The molecule has 1 aliphatic carbocycles. The van der Waals surface area contributed by atoms with Crippen LogP contribution in [-0.4, -0.2) is 24.0 Å². The van der Waals surface area contributed by atoms with E-state index in [1.54, 1.807) is 0 Å². The van der Waals surface area contributed by atoms with Gasteiger partial charge in [-0.1, -0.05) is 26.2 Å². The molecule has 0 bridgehead atoms. The third kappa shape index (κ3) is 2.48. The van der Waals surface area contributed by atoms with Gasteiger partial charge >= 0.3 is 0 Å². The number of hydrogen-bond acceptors (Lipinski definition) is 1. The maximum Gasteiger partial charge on any atom is 0.00950 e. The van der Waals surface area contributed by atoms with E-state index in [1.165, 1.54) is 38.5 Å². The van der Waals surface area contributed by atoms with Gasteiger partial charge in [0.15, 0.2) is 0 Å². The first kappa shape index (κ1) is 10.0. The van der Waals surface area contributed by atoms with E-state index >= 15 is 0 Å². The van der Waals surface area contributed by atoms with Gasteiger partial charge in [-0.3, -0.25) is 0 Å². The van der Waals surface area contributed by atoms with Crippen LogP contribution >= 0.6 is 0 Å². The molecular weight excluding hydrogens is 146 g/mol. The molecule has 0 heterocycles. The fourth-order valence-electron chi connectivity index (χ4n) is 1.86. The predicted octanol–water partition coefficient (Wildman–Crippen LogP) is 3.05. The second-order valence-electron chi connectivity index (χ2n) is 4.24. The van der Waals surface area contributed by atoms with Crippen LogP contribution in [-0.2, 0) is 0 Å². The molecule has 1 fully saturated rings. The van der Waals surface area contributed by atoms with Gasteiger partial charge in [-0.2, -0.15) is 0 Å². The molecule has 0 aromatic rings. The van der Waals surface area contributed by atoms with Crippen molar-refractivity contribution < 1.29 is 0 Å². The summed E-state index contributed by atoms with van der Waals surface area (Å²) in [6.07, 6.45) is 8.43. The van der Waals surface area contributed by atoms with Crippen molar-refractivity contribution in [2.24, 2.45) is 0 Å². The van der Waals surface area contributed by atoms with Crippen LogP contribution < -0.4 is 0 Å². The highest BCUT2D eigenvalue weighted by molar-refractivity contribution is 4.80. The van der Waals surface area contributed by atoms with Gasteiger partial charge in [0, 0.05) is 12.1 Å². The molecule has 1 heteroatoms. The summed E-state index contributed by atoms with van der Waals surface area (Å²) < 4.78 is 0. The summed E-state index contributed by atoms with van der Waals surface area (Å²) in [5.74, 6) is 0. The van der Waals surface area contributed by atoms with Crippen LogP contribution in [0.5, 0.6) is 0 Å². The van der Waals surface area contributed by atoms with Gasteiger partial charge in [0.25, 0.3) is 0 Å². The predicted molar refractivity (Wildman–Crippen MR) is 54.4 cm³/mol. The van der Waals surface area contributed by atoms with Gasteiger partial charge in [-0.05, 0) is 33.2 Å². The Kier molecular flexibility index (Phi) is 4.07. The molecule has 1 saturated carbocycles. The number of nitrogens with zero attached hydrogens (tertiary/aromatic N) is 1. The van der Waals surface area contributed by atoms with E-state index in [9.17, 15) is 0 Å². The molecule has 0 aromatic carbocycles. The molecular formula is C11H23N. The minimum atomic E-state index is 0.801. The maximum atomic E-state index is 2.58. The zero-order valence-corrected chi connectivity index (χ0v) is 8.84. The van der Waals surface area contributed by atoms with Crippen LogP contribution in [0.3, 0.4) is 0 Å². The molecule has 0 aliphatic heterocycles. The second kappa shape index (κ2) is 4.86. The molecule has 12 heavy (non-hydrogen) atoms. The Balaban J connectivity index is 2.15. The van der Waals surface area contributed by atoms with E-state index in [-0.39, 0.29) is 0 Å². The normalized spacial score (nSPS) is 21.0. The zero-order valence-electron chi connectivity index (χ0n) is 8.84. The first-order valence-electron chi connectivity index (χ1n) is 5.47. The molecule has 1 unspecified atom stereocenters. The highest BCUT2D eigenvalue weighted by atomic mass is 15.2. The minimum absolute atomic E-state index is 0.801. The molecule has 0 N–H and O–H groups in total. The summed E-state index contributed by atoms with van der Waals surface area (Å²) in [6, 6.07) is 1.71. The average Bonchev–Trinajstić information content (AvgIpc) is 1.96. The Morgan fingerprint density at radius 1 is 1.42 bits per heavy atom. The molecule has 1 atom stereocenters. The van der Waals surface area contributed by atoms with Crippen molar-refractivity contribution in [2.45, 2.75) is 64.5 Å². The summed E-state index contributed by atoms with van der Waals surface area (Å²) in [5, 5.41) is 0. The monoisotopic (exact) mass is 169 g/mol. The van der Waals surface area contributed by atoms with E-state index < -0.39 is 0 Å². The fraction of sp³-hybridized carbons (Fsp3) is 1.00. The smallest absolute Gasteiger partial charge is 0.00950 e. The maximum absolute atomic E-state index is 2.58. The Bertz CT molecular complexity index is 118. The first-order chi connectivity index (χ1) is 5.75. The topological polar surface area (TPSA) is 3.24 Å². The van der Waals surface area contributed by atoms with E-state index in [2.05, 4.69) is 25.8 Å². The van der Waals surface area contributed by atoms with Gasteiger partial charge in [0.2, 0.25) is 0 Å². The third-order valence-electron chi connectivity index (χ3n) is 3.32. The second-order valence-corrected chi connectivity index (χ2v) is 4.24. The lowest BCUT2D eigenvalue weighted by Gasteiger charge is -2.38. The molecule has 72 valence electrons. The fourth-order valence-corrected chi connectivity index (χ4v) is 1.86. The molecule has 0 spiro atoms. The average molecular weight is 169 g/mol. The van der Waals surface area contributed by atoms with Gasteiger partial charge in [0.1, 0.15) is 0 Å². The lowest BCUT2D eigenvalue weighted by molar-refractivity contribution is 0.112. The van der Waals surface area contributed by atoms with Crippen molar-refractivity contribution in [1.29, 1.82) is 0 Å². The molecule has 1 rings (SSSR count). The molecule has 0 amide bonds. The zero-order chi connectivity index (χ0) is 8.97. The van der Waals surface area contributed by atoms with Gasteiger partial charge in [-0.15, -0.1) is 0 Å². The summed E-state index contributed by atoms with van der Waals surface area (Å²) in [7, 11) is 2.30. The van der Waals surface area contributed by atoms with Crippen molar-refractivity contribution >= 4 is 0 Å². The Morgan fingerprint density at radius 2 is 2.08 bits per heavy atom. The summed E-state index contributed by atoms with van der Waals surface area (Å²) in [4.78, 5) is 2.58. The minimum Gasteiger partial charge on any atom is -0.301 e. The largest absolute Gasteiger partial charge is 0.301 e.